The van der Waals surface area contributed by atoms with Crippen LogP contribution < -0.4 is 10.8 Å². The van der Waals surface area contributed by atoms with Gasteiger partial charge in [0.25, 0.3) is 5.91 Å². The number of nitrogens with one attached hydrogen (secondary N) is 2. The molecule has 0 fully saturated rings. The van der Waals surface area contributed by atoms with Crippen LogP contribution in [0.3, 0.4) is 0 Å². The number of hydrogen-bond acceptors (Lipinski definition) is 5. The molecule has 0 radical (unpaired) electrons. The fourth-order valence-electron chi connectivity index (χ4n) is 2.19. The van der Waals surface area contributed by atoms with Crippen LogP contribution in [-0.2, 0) is 18.0 Å². The number of amides is 1. The number of para-hydroxylation sites is 1. The number of thiophene rings is 1. The number of benzene rings is 1. The number of hydrogen-bond donors (Lipinski definition) is 2. The molecular formula is C18H16ClN3O2S. The summed E-state index contributed by atoms with van der Waals surface area (Å²) in [6.07, 6.45) is 3.47. The molecule has 2 aromatic heterocycles. The average molecular weight is 374 g/mol. The SMILES string of the molecule is O=C(NOCc1ccc(Cl)s1)c1ccccc1NCc1ccncc1. The van der Waals surface area contributed by atoms with E-state index in [0.717, 1.165) is 16.1 Å². The van der Waals surface area contributed by atoms with Gasteiger partial charge in [-0.15, -0.1) is 11.3 Å². The van der Waals surface area contributed by atoms with Gasteiger partial charge in [0.15, 0.2) is 0 Å². The molecule has 7 heteroatoms. The summed E-state index contributed by atoms with van der Waals surface area (Å²) < 4.78 is 0.690. The first kappa shape index (κ1) is 17.4. The van der Waals surface area contributed by atoms with E-state index in [1.807, 2.05) is 36.4 Å². The van der Waals surface area contributed by atoms with Crippen molar-refractivity contribution in [2.45, 2.75) is 13.2 Å². The van der Waals surface area contributed by atoms with E-state index in [-0.39, 0.29) is 12.5 Å². The third kappa shape index (κ3) is 5.03. The smallest absolute Gasteiger partial charge is 0.276 e. The molecule has 0 spiro atoms. The van der Waals surface area contributed by atoms with Crippen LogP contribution in [0.2, 0.25) is 4.34 Å². The summed E-state index contributed by atoms with van der Waals surface area (Å²) in [5.74, 6) is -0.305. The molecule has 0 aliphatic heterocycles. The van der Waals surface area contributed by atoms with E-state index >= 15 is 0 Å². The van der Waals surface area contributed by atoms with Crippen molar-refractivity contribution in [3.63, 3.8) is 0 Å². The maximum absolute atomic E-state index is 12.4. The lowest BCUT2D eigenvalue weighted by Crippen LogP contribution is -2.24. The number of pyridine rings is 1. The van der Waals surface area contributed by atoms with Gasteiger partial charge in [-0.3, -0.25) is 14.6 Å². The van der Waals surface area contributed by atoms with Crippen molar-refractivity contribution in [1.82, 2.24) is 10.5 Å². The van der Waals surface area contributed by atoms with Gasteiger partial charge >= 0.3 is 0 Å². The Labute approximate surface area is 154 Å². The first-order valence-corrected chi connectivity index (χ1v) is 8.80. The Morgan fingerprint density at radius 3 is 2.68 bits per heavy atom. The molecule has 0 saturated carbocycles. The Kier molecular flexibility index (Phi) is 6.00. The minimum absolute atomic E-state index is 0.274. The predicted octanol–water partition coefficient (Wildman–Crippen LogP) is 4.27. The molecule has 1 amide bonds. The molecule has 0 saturated heterocycles. The molecule has 0 bridgehead atoms. The van der Waals surface area contributed by atoms with Crippen LogP contribution in [0.25, 0.3) is 0 Å². The molecule has 0 atom stereocenters. The van der Waals surface area contributed by atoms with Crippen LogP contribution in [0.5, 0.6) is 0 Å². The van der Waals surface area contributed by atoms with Crippen LogP contribution in [0.4, 0.5) is 5.69 Å². The first-order chi connectivity index (χ1) is 12.2. The highest BCUT2D eigenvalue weighted by molar-refractivity contribution is 7.16. The summed E-state index contributed by atoms with van der Waals surface area (Å²) in [4.78, 5) is 22.6. The second kappa shape index (κ2) is 8.62. The van der Waals surface area contributed by atoms with Crippen molar-refractivity contribution < 1.29 is 9.63 Å². The number of anilines is 1. The number of hydroxylamine groups is 1. The average Bonchev–Trinajstić information content (AvgIpc) is 3.06. The Bertz CT molecular complexity index is 839. The van der Waals surface area contributed by atoms with Gasteiger partial charge in [-0.2, -0.15) is 0 Å². The van der Waals surface area contributed by atoms with Crippen molar-refractivity contribution in [3.05, 3.63) is 81.3 Å². The van der Waals surface area contributed by atoms with Crippen molar-refractivity contribution in [1.29, 1.82) is 0 Å². The minimum Gasteiger partial charge on any atom is -0.380 e. The van der Waals surface area contributed by atoms with E-state index in [4.69, 9.17) is 16.4 Å². The van der Waals surface area contributed by atoms with E-state index < -0.39 is 0 Å². The van der Waals surface area contributed by atoms with Gasteiger partial charge < -0.3 is 5.32 Å². The zero-order chi connectivity index (χ0) is 17.5. The zero-order valence-electron chi connectivity index (χ0n) is 13.2. The molecule has 2 N–H and O–H groups in total. The normalized spacial score (nSPS) is 10.4. The molecule has 3 aromatic rings. The summed E-state index contributed by atoms with van der Waals surface area (Å²) in [5.41, 5.74) is 4.80. The fourth-order valence-corrected chi connectivity index (χ4v) is 3.19. The number of carbonyl (C=O) groups is 1. The molecule has 0 aliphatic rings. The van der Waals surface area contributed by atoms with E-state index in [2.05, 4.69) is 15.8 Å². The monoisotopic (exact) mass is 373 g/mol. The third-order valence-corrected chi connectivity index (χ3v) is 4.62. The quantitative estimate of drug-likeness (QED) is 0.607. The Morgan fingerprint density at radius 2 is 1.92 bits per heavy atom. The number of halogens is 1. The zero-order valence-corrected chi connectivity index (χ0v) is 14.8. The number of aromatic nitrogens is 1. The highest BCUT2D eigenvalue weighted by atomic mass is 35.5. The number of rotatable bonds is 7. The lowest BCUT2D eigenvalue weighted by Gasteiger charge is -2.12. The van der Waals surface area contributed by atoms with Crippen molar-refractivity contribution >= 4 is 34.5 Å². The third-order valence-electron chi connectivity index (χ3n) is 3.41. The Hall–Kier alpha value is -2.41. The summed E-state index contributed by atoms with van der Waals surface area (Å²) in [6.45, 7) is 0.872. The summed E-state index contributed by atoms with van der Waals surface area (Å²) >= 11 is 7.28. The van der Waals surface area contributed by atoms with E-state index in [1.54, 1.807) is 24.5 Å². The van der Waals surface area contributed by atoms with Crippen LogP contribution >= 0.6 is 22.9 Å². The first-order valence-electron chi connectivity index (χ1n) is 7.60. The molecule has 5 nitrogen and oxygen atoms in total. The van der Waals surface area contributed by atoms with Crippen molar-refractivity contribution in [2.24, 2.45) is 0 Å². The minimum atomic E-state index is -0.305. The molecule has 25 heavy (non-hydrogen) atoms. The second-order valence-electron chi connectivity index (χ2n) is 5.18. The summed E-state index contributed by atoms with van der Waals surface area (Å²) in [5, 5.41) is 3.26. The number of carbonyl (C=O) groups excluding carboxylic acids is 1. The van der Waals surface area contributed by atoms with E-state index in [1.165, 1.54) is 11.3 Å². The summed E-state index contributed by atoms with van der Waals surface area (Å²) in [7, 11) is 0. The molecule has 128 valence electrons. The van der Waals surface area contributed by atoms with Gasteiger partial charge in [0, 0.05) is 29.5 Å². The lowest BCUT2D eigenvalue weighted by atomic mass is 10.1. The fraction of sp³-hybridized carbons (Fsp3) is 0.111. The summed E-state index contributed by atoms with van der Waals surface area (Å²) in [6, 6.07) is 14.8. The molecular weight excluding hydrogens is 358 g/mol. The predicted molar refractivity (Wildman–Crippen MR) is 99.6 cm³/mol. The van der Waals surface area contributed by atoms with Crippen LogP contribution in [0.1, 0.15) is 20.8 Å². The molecule has 0 aliphatic carbocycles. The Balaban J connectivity index is 1.58. The van der Waals surface area contributed by atoms with Gasteiger partial charge in [-0.05, 0) is 42.0 Å². The largest absolute Gasteiger partial charge is 0.380 e. The van der Waals surface area contributed by atoms with Gasteiger partial charge in [0.05, 0.1) is 9.90 Å². The second-order valence-corrected chi connectivity index (χ2v) is 6.98. The Morgan fingerprint density at radius 1 is 1.12 bits per heavy atom. The van der Waals surface area contributed by atoms with Crippen molar-refractivity contribution in [3.8, 4) is 0 Å². The van der Waals surface area contributed by atoms with E-state index in [9.17, 15) is 4.79 Å². The molecule has 3 rings (SSSR count). The van der Waals surface area contributed by atoms with Gasteiger partial charge in [0.1, 0.15) is 6.61 Å². The highest BCUT2D eigenvalue weighted by Crippen LogP contribution is 2.22. The van der Waals surface area contributed by atoms with Crippen LogP contribution in [0, 0.1) is 0 Å². The molecule has 0 unspecified atom stereocenters. The standard InChI is InChI=1S/C18H16ClN3O2S/c19-17-6-5-14(25-17)12-24-22-18(23)15-3-1-2-4-16(15)21-11-13-7-9-20-10-8-13/h1-10,21H,11-12H2,(H,22,23). The highest BCUT2D eigenvalue weighted by Gasteiger charge is 2.11. The van der Waals surface area contributed by atoms with Crippen molar-refractivity contribution in [2.75, 3.05) is 5.32 Å². The topological polar surface area (TPSA) is 63.2 Å². The lowest BCUT2D eigenvalue weighted by molar-refractivity contribution is 0.0244. The number of nitrogens with zero attached hydrogens (tertiary/aromatic N) is 1. The van der Waals surface area contributed by atoms with Gasteiger partial charge in [0.2, 0.25) is 0 Å². The maximum atomic E-state index is 12.4. The van der Waals surface area contributed by atoms with Crippen LogP contribution in [0.15, 0.2) is 60.9 Å². The molecule has 2 heterocycles. The molecule has 1 aromatic carbocycles. The van der Waals surface area contributed by atoms with Gasteiger partial charge in [-0.1, -0.05) is 23.7 Å². The van der Waals surface area contributed by atoms with E-state index in [0.29, 0.717) is 16.4 Å². The van der Waals surface area contributed by atoms with Crippen LogP contribution in [-0.4, -0.2) is 10.9 Å². The maximum Gasteiger partial charge on any atom is 0.276 e. The van der Waals surface area contributed by atoms with Gasteiger partial charge in [-0.25, -0.2) is 5.48 Å².